The molecule has 1 aromatic heterocycles. The van der Waals surface area contributed by atoms with E-state index in [1.54, 1.807) is 37.2 Å². The fourth-order valence-electron chi connectivity index (χ4n) is 2.52. The number of rotatable bonds is 7. The molecule has 132 valence electrons. The molecule has 5 nitrogen and oxygen atoms in total. The molecular formula is C21H20N2O3. The number of aromatic nitrogens is 2. The van der Waals surface area contributed by atoms with Crippen LogP contribution in [-0.2, 0) is 13.7 Å². The van der Waals surface area contributed by atoms with Crippen LogP contribution in [0.3, 0.4) is 0 Å². The summed E-state index contributed by atoms with van der Waals surface area (Å²) in [6.45, 7) is 0.464. The molecule has 5 heteroatoms. The Kier molecular flexibility index (Phi) is 5.49. The lowest BCUT2D eigenvalue weighted by molar-refractivity contribution is 0.103. The van der Waals surface area contributed by atoms with Gasteiger partial charge in [0.15, 0.2) is 11.5 Å². The number of hydrogen-bond donors (Lipinski definition) is 0. The average molecular weight is 348 g/mol. The zero-order valence-corrected chi connectivity index (χ0v) is 14.8. The molecule has 0 spiro atoms. The lowest BCUT2D eigenvalue weighted by Crippen LogP contribution is -2.03. The van der Waals surface area contributed by atoms with Crippen molar-refractivity contribution in [2.24, 2.45) is 7.05 Å². The number of ketones is 1. The van der Waals surface area contributed by atoms with E-state index in [0.29, 0.717) is 23.8 Å². The van der Waals surface area contributed by atoms with Gasteiger partial charge in [-0.2, -0.15) is 5.10 Å². The molecule has 0 amide bonds. The minimum absolute atomic E-state index is 0.103. The number of allylic oxidation sites excluding steroid dienone is 1. The number of methoxy groups -OCH3 is 1. The van der Waals surface area contributed by atoms with Gasteiger partial charge in [0.05, 0.1) is 7.11 Å². The van der Waals surface area contributed by atoms with Gasteiger partial charge >= 0.3 is 0 Å². The van der Waals surface area contributed by atoms with Gasteiger partial charge in [-0.15, -0.1) is 0 Å². The second-order valence-electron chi connectivity index (χ2n) is 5.72. The monoisotopic (exact) mass is 348 g/mol. The summed E-state index contributed by atoms with van der Waals surface area (Å²) >= 11 is 0. The van der Waals surface area contributed by atoms with Crippen molar-refractivity contribution in [3.63, 3.8) is 0 Å². The van der Waals surface area contributed by atoms with E-state index < -0.39 is 0 Å². The summed E-state index contributed by atoms with van der Waals surface area (Å²) in [6.07, 6.45) is 4.87. The van der Waals surface area contributed by atoms with Crippen LogP contribution in [0.2, 0.25) is 0 Å². The van der Waals surface area contributed by atoms with E-state index in [4.69, 9.17) is 9.47 Å². The van der Waals surface area contributed by atoms with Crippen LogP contribution in [0.5, 0.6) is 11.5 Å². The molecule has 0 fully saturated rings. The predicted molar refractivity (Wildman–Crippen MR) is 100 cm³/mol. The zero-order valence-electron chi connectivity index (χ0n) is 14.8. The van der Waals surface area contributed by atoms with Crippen LogP contribution in [0.15, 0.2) is 66.9 Å². The minimum atomic E-state index is -0.103. The number of aryl methyl sites for hydroxylation is 1. The molecule has 1 heterocycles. The molecule has 0 bridgehead atoms. The van der Waals surface area contributed by atoms with Gasteiger partial charge in [0.1, 0.15) is 12.3 Å². The van der Waals surface area contributed by atoms with Gasteiger partial charge in [0.2, 0.25) is 5.78 Å². The summed E-state index contributed by atoms with van der Waals surface area (Å²) in [5, 5.41) is 4.00. The Bertz CT molecular complexity index is 914. The Morgan fingerprint density at radius 2 is 1.92 bits per heavy atom. The maximum absolute atomic E-state index is 12.2. The van der Waals surface area contributed by atoms with E-state index in [2.05, 4.69) is 5.10 Å². The Morgan fingerprint density at radius 3 is 2.62 bits per heavy atom. The summed E-state index contributed by atoms with van der Waals surface area (Å²) in [4.78, 5) is 12.2. The Hall–Kier alpha value is -3.34. The second kappa shape index (κ2) is 8.16. The third-order valence-electron chi connectivity index (χ3n) is 3.93. The molecule has 0 aliphatic heterocycles. The maximum atomic E-state index is 12.2. The standard InChI is InChI=1S/C21H20N2O3/c1-23-18(12-13-22-23)19(24)10-8-16-9-11-20(21(14-16)25-2)26-15-17-6-4-3-5-7-17/h3-14H,15H2,1-2H3/b10-8+. The van der Waals surface area contributed by atoms with E-state index in [1.807, 2.05) is 48.5 Å². The van der Waals surface area contributed by atoms with Crippen molar-refractivity contribution < 1.29 is 14.3 Å². The van der Waals surface area contributed by atoms with Crippen LogP contribution in [0.4, 0.5) is 0 Å². The normalized spacial score (nSPS) is 10.8. The van der Waals surface area contributed by atoms with Crippen molar-refractivity contribution in [1.82, 2.24) is 9.78 Å². The molecule has 0 saturated heterocycles. The largest absolute Gasteiger partial charge is 0.493 e. The Labute approximate surface area is 152 Å². The fraction of sp³-hybridized carbons (Fsp3) is 0.143. The Morgan fingerprint density at radius 1 is 1.12 bits per heavy atom. The first-order valence-electron chi connectivity index (χ1n) is 8.22. The molecule has 2 aromatic carbocycles. The van der Waals surface area contributed by atoms with Crippen molar-refractivity contribution >= 4 is 11.9 Å². The highest BCUT2D eigenvalue weighted by molar-refractivity contribution is 6.05. The second-order valence-corrected chi connectivity index (χ2v) is 5.72. The number of hydrogen-bond acceptors (Lipinski definition) is 4. The van der Waals surface area contributed by atoms with Gasteiger partial charge in [-0.05, 0) is 35.4 Å². The molecule has 0 aliphatic rings. The first-order valence-corrected chi connectivity index (χ1v) is 8.22. The van der Waals surface area contributed by atoms with Crippen molar-refractivity contribution in [3.05, 3.63) is 83.7 Å². The summed E-state index contributed by atoms with van der Waals surface area (Å²) in [5.41, 5.74) is 2.47. The molecule has 3 aromatic rings. The van der Waals surface area contributed by atoms with Crippen molar-refractivity contribution in [2.75, 3.05) is 7.11 Å². The zero-order chi connectivity index (χ0) is 18.4. The van der Waals surface area contributed by atoms with E-state index in [9.17, 15) is 4.79 Å². The highest BCUT2D eigenvalue weighted by Gasteiger charge is 2.08. The topological polar surface area (TPSA) is 53.3 Å². The molecule has 0 saturated carbocycles. The molecular weight excluding hydrogens is 328 g/mol. The van der Waals surface area contributed by atoms with Gasteiger partial charge < -0.3 is 9.47 Å². The van der Waals surface area contributed by atoms with Crippen molar-refractivity contribution in [2.45, 2.75) is 6.61 Å². The molecule has 0 unspecified atom stereocenters. The third kappa shape index (κ3) is 4.19. The fourth-order valence-corrected chi connectivity index (χ4v) is 2.52. The first kappa shape index (κ1) is 17.5. The number of carbonyl (C=O) groups excluding carboxylic acids is 1. The summed E-state index contributed by atoms with van der Waals surface area (Å²) in [6, 6.07) is 17.2. The van der Waals surface area contributed by atoms with Crippen LogP contribution >= 0.6 is 0 Å². The lowest BCUT2D eigenvalue weighted by Gasteiger charge is -2.11. The van der Waals surface area contributed by atoms with Gasteiger partial charge in [0.25, 0.3) is 0 Å². The molecule has 0 atom stereocenters. The van der Waals surface area contributed by atoms with Crippen LogP contribution in [0, 0.1) is 0 Å². The summed E-state index contributed by atoms with van der Waals surface area (Å²) in [7, 11) is 3.34. The highest BCUT2D eigenvalue weighted by atomic mass is 16.5. The summed E-state index contributed by atoms with van der Waals surface area (Å²) in [5.74, 6) is 1.18. The smallest absolute Gasteiger partial charge is 0.203 e. The van der Waals surface area contributed by atoms with Crippen LogP contribution in [0.1, 0.15) is 21.6 Å². The van der Waals surface area contributed by atoms with Gasteiger partial charge in [-0.1, -0.05) is 42.5 Å². The van der Waals surface area contributed by atoms with Crippen LogP contribution in [-0.4, -0.2) is 22.7 Å². The van der Waals surface area contributed by atoms with Crippen LogP contribution < -0.4 is 9.47 Å². The van der Waals surface area contributed by atoms with Gasteiger partial charge in [-0.25, -0.2) is 0 Å². The van der Waals surface area contributed by atoms with Crippen molar-refractivity contribution in [3.8, 4) is 11.5 Å². The maximum Gasteiger partial charge on any atom is 0.203 e. The average Bonchev–Trinajstić information content (AvgIpc) is 3.11. The van der Waals surface area contributed by atoms with Gasteiger partial charge in [-0.3, -0.25) is 9.48 Å². The molecule has 0 N–H and O–H groups in total. The van der Waals surface area contributed by atoms with Crippen molar-refractivity contribution in [1.29, 1.82) is 0 Å². The molecule has 0 radical (unpaired) electrons. The number of carbonyl (C=O) groups is 1. The van der Waals surface area contributed by atoms with E-state index in [0.717, 1.165) is 11.1 Å². The highest BCUT2D eigenvalue weighted by Crippen LogP contribution is 2.29. The van der Waals surface area contributed by atoms with Crippen LogP contribution in [0.25, 0.3) is 6.08 Å². The number of ether oxygens (including phenoxy) is 2. The minimum Gasteiger partial charge on any atom is -0.493 e. The SMILES string of the molecule is COc1cc(/C=C/C(=O)c2ccnn2C)ccc1OCc1ccccc1. The van der Waals surface area contributed by atoms with E-state index in [-0.39, 0.29) is 5.78 Å². The summed E-state index contributed by atoms with van der Waals surface area (Å²) < 4.78 is 12.8. The Balaban J connectivity index is 1.71. The molecule has 26 heavy (non-hydrogen) atoms. The molecule has 0 aliphatic carbocycles. The van der Waals surface area contributed by atoms with E-state index in [1.165, 1.54) is 6.08 Å². The number of nitrogens with zero attached hydrogens (tertiary/aromatic N) is 2. The molecule has 3 rings (SSSR count). The predicted octanol–water partition coefficient (Wildman–Crippen LogP) is 3.90. The quantitative estimate of drug-likeness (QED) is 0.480. The van der Waals surface area contributed by atoms with E-state index >= 15 is 0 Å². The number of benzene rings is 2. The first-order chi connectivity index (χ1) is 12.7. The third-order valence-corrected chi connectivity index (χ3v) is 3.93. The lowest BCUT2D eigenvalue weighted by atomic mass is 10.1. The van der Waals surface area contributed by atoms with Gasteiger partial charge in [0, 0.05) is 13.2 Å².